The van der Waals surface area contributed by atoms with Crippen LogP contribution >= 0.6 is 23.5 Å². The smallest absolute Gasteiger partial charge is 0.264 e. The van der Waals surface area contributed by atoms with E-state index in [9.17, 15) is 10.1 Å². The maximum Gasteiger partial charge on any atom is 0.264 e. The summed E-state index contributed by atoms with van der Waals surface area (Å²) >= 11 is 3.17. The summed E-state index contributed by atoms with van der Waals surface area (Å²) in [5.41, 5.74) is 2.34. The van der Waals surface area contributed by atoms with E-state index in [-0.39, 0.29) is 16.9 Å². The minimum absolute atomic E-state index is 0.198. The molecule has 1 heterocycles. The van der Waals surface area contributed by atoms with Crippen LogP contribution in [0.4, 0.5) is 0 Å². The molecule has 1 aliphatic rings. The molecule has 1 atom stereocenters. The van der Waals surface area contributed by atoms with Crippen LogP contribution in [-0.4, -0.2) is 11.7 Å². The molecule has 4 nitrogen and oxygen atoms in total. The minimum Gasteiger partial charge on any atom is -0.489 e. The highest BCUT2D eigenvalue weighted by molar-refractivity contribution is 8.22. The maximum atomic E-state index is 12.4. The molecule has 1 unspecified atom stereocenters. The second-order valence-electron chi connectivity index (χ2n) is 7.00. The molecule has 0 aromatic heterocycles. The summed E-state index contributed by atoms with van der Waals surface area (Å²) < 4.78 is 6.67. The molecule has 2 aromatic carbocycles. The van der Waals surface area contributed by atoms with Gasteiger partial charge < -0.3 is 10.1 Å². The number of thioether (sulfide) groups is 2. The molecule has 1 amide bonds. The van der Waals surface area contributed by atoms with Gasteiger partial charge in [-0.3, -0.25) is 4.79 Å². The van der Waals surface area contributed by atoms with E-state index in [1.54, 1.807) is 23.5 Å². The fourth-order valence-corrected chi connectivity index (χ4v) is 5.56. The van der Waals surface area contributed by atoms with Crippen LogP contribution in [0.25, 0.3) is 0 Å². The van der Waals surface area contributed by atoms with Crippen LogP contribution in [0.2, 0.25) is 0 Å². The topological polar surface area (TPSA) is 62.1 Å². The van der Waals surface area contributed by atoms with Gasteiger partial charge in [0.25, 0.3) is 5.91 Å². The van der Waals surface area contributed by atoms with Crippen molar-refractivity contribution < 1.29 is 9.53 Å². The number of unbranched alkanes of at least 4 members (excludes halogenated alkanes) is 3. The van der Waals surface area contributed by atoms with Crippen LogP contribution in [-0.2, 0) is 11.4 Å². The van der Waals surface area contributed by atoms with Crippen molar-refractivity contribution in [1.82, 2.24) is 5.32 Å². The average Bonchev–Trinajstić information content (AvgIpc) is 2.78. The maximum absolute atomic E-state index is 12.4. The van der Waals surface area contributed by atoms with Crippen molar-refractivity contribution in [2.24, 2.45) is 0 Å². The molecule has 0 saturated carbocycles. The first kappa shape index (κ1) is 22.3. The lowest BCUT2D eigenvalue weighted by molar-refractivity contribution is -0.117. The fourth-order valence-electron chi connectivity index (χ4n) is 3.01. The number of nitrogens with one attached hydrogen (secondary N) is 1. The summed E-state index contributed by atoms with van der Waals surface area (Å²) in [5, 5.41) is 12.1. The predicted octanol–water partition coefficient (Wildman–Crippen LogP) is 6.18. The number of carbonyl (C=O) groups is 1. The molecular formula is C24H26N2O2S2. The van der Waals surface area contributed by atoms with Gasteiger partial charge in [-0.05, 0) is 35.4 Å². The van der Waals surface area contributed by atoms with Crippen molar-refractivity contribution >= 4 is 29.4 Å². The van der Waals surface area contributed by atoms with Crippen molar-refractivity contribution in [1.29, 1.82) is 5.26 Å². The van der Waals surface area contributed by atoms with Gasteiger partial charge in [0.05, 0.1) is 4.24 Å². The van der Waals surface area contributed by atoms with E-state index in [2.05, 4.69) is 18.3 Å². The van der Waals surface area contributed by atoms with Crippen molar-refractivity contribution in [3.8, 4) is 11.8 Å². The third-order valence-electron chi connectivity index (χ3n) is 4.69. The molecular weight excluding hydrogens is 412 g/mol. The zero-order chi connectivity index (χ0) is 21.2. The van der Waals surface area contributed by atoms with E-state index in [1.165, 1.54) is 19.3 Å². The molecule has 3 rings (SSSR count). The Labute approximate surface area is 187 Å². The summed E-state index contributed by atoms with van der Waals surface area (Å²) in [6.07, 6.45) is 4.70. The summed E-state index contributed by atoms with van der Waals surface area (Å²) in [6.45, 7) is 2.70. The highest BCUT2D eigenvalue weighted by Crippen LogP contribution is 2.44. The molecule has 2 aromatic rings. The number of carbonyl (C=O) groups excluding carboxylic acids is 1. The number of benzene rings is 2. The largest absolute Gasteiger partial charge is 0.489 e. The van der Waals surface area contributed by atoms with Gasteiger partial charge in [-0.2, -0.15) is 5.26 Å². The Morgan fingerprint density at radius 2 is 1.87 bits per heavy atom. The van der Waals surface area contributed by atoms with E-state index < -0.39 is 0 Å². The molecule has 0 saturated heterocycles. The Morgan fingerprint density at radius 3 is 2.57 bits per heavy atom. The summed E-state index contributed by atoms with van der Waals surface area (Å²) in [6, 6.07) is 19.9. The van der Waals surface area contributed by atoms with Crippen LogP contribution in [0.15, 0.2) is 64.4 Å². The highest BCUT2D eigenvalue weighted by Gasteiger charge is 2.29. The number of rotatable bonds is 10. The van der Waals surface area contributed by atoms with Crippen LogP contribution in [0, 0.1) is 11.3 Å². The number of amides is 1. The molecule has 30 heavy (non-hydrogen) atoms. The van der Waals surface area contributed by atoms with Crippen LogP contribution < -0.4 is 10.1 Å². The summed E-state index contributed by atoms with van der Waals surface area (Å²) in [4.78, 5) is 12.4. The quantitative estimate of drug-likeness (QED) is 0.449. The molecule has 0 spiro atoms. The lowest BCUT2D eigenvalue weighted by Crippen LogP contribution is -2.31. The Morgan fingerprint density at radius 1 is 1.10 bits per heavy atom. The number of hydrogen-bond acceptors (Lipinski definition) is 5. The Bertz CT molecular complexity index is 905. The van der Waals surface area contributed by atoms with E-state index in [0.29, 0.717) is 6.61 Å². The number of nitrogens with zero attached hydrogens (tertiary/aromatic N) is 1. The first-order chi connectivity index (χ1) is 14.7. The lowest BCUT2D eigenvalue weighted by Gasteiger charge is -2.25. The number of hydrogen-bond donors (Lipinski definition) is 1. The van der Waals surface area contributed by atoms with Gasteiger partial charge in [0.15, 0.2) is 0 Å². The van der Waals surface area contributed by atoms with Crippen molar-refractivity contribution in [3.63, 3.8) is 0 Å². The van der Waals surface area contributed by atoms with Crippen molar-refractivity contribution in [2.45, 2.75) is 44.6 Å². The van der Waals surface area contributed by atoms with E-state index in [0.717, 1.165) is 33.3 Å². The van der Waals surface area contributed by atoms with Crippen LogP contribution in [0.1, 0.15) is 49.1 Å². The molecule has 0 aliphatic carbocycles. The third kappa shape index (κ3) is 6.32. The zero-order valence-electron chi connectivity index (χ0n) is 17.1. The van der Waals surface area contributed by atoms with Crippen molar-refractivity contribution in [2.75, 3.05) is 5.75 Å². The molecule has 0 bridgehead atoms. The fraction of sp³-hybridized carbons (Fsp3) is 0.333. The normalized spacial score (nSPS) is 16.1. The Balaban J connectivity index is 1.60. The van der Waals surface area contributed by atoms with Gasteiger partial charge in [-0.1, -0.05) is 80.4 Å². The number of ether oxygens (including phenoxy) is 1. The van der Waals surface area contributed by atoms with Gasteiger partial charge in [0, 0.05) is 0 Å². The number of nitriles is 1. The molecule has 0 radical (unpaired) electrons. The Kier molecular flexibility index (Phi) is 8.73. The summed E-state index contributed by atoms with van der Waals surface area (Å²) in [7, 11) is 0. The minimum atomic E-state index is -0.290. The lowest BCUT2D eigenvalue weighted by atomic mass is 10.2. The molecule has 156 valence electrons. The van der Waals surface area contributed by atoms with Gasteiger partial charge in [-0.25, -0.2) is 0 Å². The zero-order valence-corrected chi connectivity index (χ0v) is 18.7. The second-order valence-corrected chi connectivity index (χ2v) is 9.48. The van der Waals surface area contributed by atoms with Gasteiger partial charge >= 0.3 is 0 Å². The standard InChI is InChI=1S/C24H26N2O2S2/c1-2-3-4-8-15-29-24-21(16-25)22(27)26-23(30-24)19-11-13-20(14-12-19)28-17-18-9-6-5-7-10-18/h5-7,9-14,23H,2-4,8,15,17H2,1H3,(H,26,27). The third-order valence-corrected chi connectivity index (χ3v) is 7.34. The SMILES string of the molecule is CCCCCCSC1=C(C#N)C(=O)NC(c2ccc(OCc3ccccc3)cc2)S1. The van der Waals surface area contributed by atoms with E-state index in [4.69, 9.17) is 4.74 Å². The monoisotopic (exact) mass is 438 g/mol. The first-order valence-electron chi connectivity index (χ1n) is 10.2. The molecule has 1 N–H and O–H groups in total. The first-order valence-corrected chi connectivity index (χ1v) is 12.1. The van der Waals surface area contributed by atoms with Crippen LogP contribution in [0.5, 0.6) is 5.75 Å². The molecule has 1 aliphatic heterocycles. The molecule has 6 heteroatoms. The van der Waals surface area contributed by atoms with Gasteiger partial charge in [0.1, 0.15) is 29.4 Å². The van der Waals surface area contributed by atoms with Crippen LogP contribution in [0.3, 0.4) is 0 Å². The second kappa shape index (κ2) is 11.7. The molecule has 0 fully saturated rings. The average molecular weight is 439 g/mol. The summed E-state index contributed by atoms with van der Waals surface area (Å²) in [5.74, 6) is 1.43. The predicted molar refractivity (Wildman–Crippen MR) is 125 cm³/mol. The van der Waals surface area contributed by atoms with Gasteiger partial charge in [-0.15, -0.1) is 11.8 Å². The Hall–Kier alpha value is -2.36. The van der Waals surface area contributed by atoms with E-state index in [1.807, 2.05) is 54.6 Å². The van der Waals surface area contributed by atoms with Gasteiger partial charge in [0.2, 0.25) is 0 Å². The highest BCUT2D eigenvalue weighted by atomic mass is 32.2. The van der Waals surface area contributed by atoms with E-state index >= 15 is 0 Å². The van der Waals surface area contributed by atoms with Crippen molar-refractivity contribution in [3.05, 3.63) is 75.5 Å².